The molecule has 0 saturated heterocycles. The predicted octanol–water partition coefficient (Wildman–Crippen LogP) is 10.5. The zero-order chi connectivity index (χ0) is 49.2. The number of ether oxygens (including phenoxy) is 2. The van der Waals surface area contributed by atoms with Gasteiger partial charge in [0.15, 0.2) is 5.78 Å². The number of carbonyl (C=O) groups excluding carboxylic acids is 3. The normalized spacial score (nSPS) is 32.3. The van der Waals surface area contributed by atoms with Crippen LogP contribution in [0.15, 0.2) is 35.4 Å². The predicted molar refractivity (Wildman–Crippen MR) is 257 cm³/mol. The zero-order valence-corrected chi connectivity index (χ0v) is 43.2. The van der Waals surface area contributed by atoms with E-state index in [4.69, 9.17) is 21.1 Å². The number of carboxylic acids is 2. The zero-order valence-electron chi connectivity index (χ0n) is 42.4. The van der Waals surface area contributed by atoms with Gasteiger partial charge in [-0.1, -0.05) is 72.2 Å². The fourth-order valence-corrected chi connectivity index (χ4v) is 14.6. The van der Waals surface area contributed by atoms with Crippen LogP contribution in [0.1, 0.15) is 152 Å². The first-order chi connectivity index (χ1) is 30.4. The van der Waals surface area contributed by atoms with Crippen LogP contribution in [0, 0.1) is 61.6 Å². The lowest BCUT2D eigenvalue weighted by Crippen LogP contribution is -2.66. The van der Waals surface area contributed by atoms with Gasteiger partial charge in [-0.2, -0.15) is 0 Å². The Hall–Kier alpha value is -3.28. The van der Waals surface area contributed by atoms with Crippen LogP contribution in [0.3, 0.4) is 0 Å². The van der Waals surface area contributed by atoms with Gasteiger partial charge in [0.2, 0.25) is 0 Å². The fraction of sp³-hybridized carbons (Fsp3) is 0.759. The van der Waals surface area contributed by atoms with Crippen LogP contribution < -0.4 is 0 Å². The van der Waals surface area contributed by atoms with Crippen molar-refractivity contribution >= 4 is 41.3 Å². The van der Waals surface area contributed by atoms with E-state index in [9.17, 15) is 34.2 Å². The van der Waals surface area contributed by atoms with Crippen LogP contribution in [-0.2, 0) is 40.0 Å². The number of hydrogen-bond donors (Lipinski definition) is 2. The van der Waals surface area contributed by atoms with E-state index in [2.05, 4.69) is 58.3 Å². The van der Waals surface area contributed by atoms with Crippen LogP contribution in [-0.4, -0.2) is 95.6 Å². The number of carbonyl (C=O) groups is 5. The molecule has 0 bridgehead atoms. The molecule has 66 heavy (non-hydrogen) atoms. The van der Waals surface area contributed by atoms with Gasteiger partial charge in [0.05, 0.1) is 23.7 Å². The molecule has 6 rings (SSSR count). The van der Waals surface area contributed by atoms with Crippen molar-refractivity contribution in [2.75, 3.05) is 33.7 Å². The number of likely N-dealkylation sites (N-methyl/N-ethyl adjacent to an activating group) is 1. The first-order valence-corrected chi connectivity index (χ1v) is 25.1. The number of ketones is 1. The number of benzene rings is 1. The molecule has 5 aliphatic rings. The monoisotopic (exact) mass is 937 g/mol. The fourth-order valence-electron chi connectivity index (χ4n) is 14.5. The largest absolute Gasteiger partial charge is 0.481 e. The topological polar surface area (TPSA) is 151 Å². The second-order valence-corrected chi connectivity index (χ2v) is 25.0. The molecule has 4 fully saturated rings. The summed E-state index contributed by atoms with van der Waals surface area (Å²) in [5, 5.41) is 20.4. The number of rotatable bonds is 17. The summed E-state index contributed by atoms with van der Waals surface area (Å²) >= 11 is 6.31. The number of fused-ring (bicyclic) bond motifs is 7. The molecule has 12 heteroatoms. The summed E-state index contributed by atoms with van der Waals surface area (Å²) in [5.74, 6) is -2.24. The summed E-state index contributed by atoms with van der Waals surface area (Å²) in [6.07, 6.45) is 5.84. The third-order valence-electron chi connectivity index (χ3n) is 18.5. The van der Waals surface area contributed by atoms with Gasteiger partial charge in [0.25, 0.3) is 0 Å². The van der Waals surface area contributed by atoms with Crippen LogP contribution in [0.2, 0.25) is 5.02 Å². The smallest absolute Gasteiger partial charge is 0.309 e. The van der Waals surface area contributed by atoms with Gasteiger partial charge in [-0.25, -0.2) is 0 Å². The number of esters is 2. The molecule has 0 aromatic heterocycles. The molecule has 0 radical (unpaired) electrons. The van der Waals surface area contributed by atoms with Crippen molar-refractivity contribution < 1.29 is 43.7 Å². The molecule has 1 unspecified atom stereocenters. The summed E-state index contributed by atoms with van der Waals surface area (Å²) < 4.78 is 13.0. The second kappa shape index (κ2) is 18.6. The van der Waals surface area contributed by atoms with Gasteiger partial charge in [-0.05, 0) is 162 Å². The van der Waals surface area contributed by atoms with E-state index in [1.54, 1.807) is 27.7 Å². The van der Waals surface area contributed by atoms with Crippen LogP contribution in [0.25, 0.3) is 0 Å². The number of Topliss-reactive ketones (excluding diaryl/α,β-unsaturated/α-hetero) is 1. The minimum absolute atomic E-state index is 0.0309. The molecule has 0 spiro atoms. The average Bonchev–Trinajstić information content (AvgIpc) is 3.51. The summed E-state index contributed by atoms with van der Waals surface area (Å²) in [7, 11) is 4.08. The highest BCUT2D eigenvalue weighted by molar-refractivity contribution is 6.30. The Bertz CT molecular complexity index is 2080. The Morgan fingerprint density at radius 1 is 0.788 bits per heavy atom. The van der Waals surface area contributed by atoms with E-state index in [0.29, 0.717) is 37.0 Å². The molecule has 0 amide bonds. The van der Waals surface area contributed by atoms with Crippen molar-refractivity contribution in [3.05, 3.63) is 46.0 Å². The number of nitrogens with zero attached hydrogens (tertiary/aromatic N) is 2. The van der Waals surface area contributed by atoms with Crippen molar-refractivity contribution in [1.82, 2.24) is 9.80 Å². The van der Waals surface area contributed by atoms with E-state index in [0.717, 1.165) is 62.6 Å². The van der Waals surface area contributed by atoms with Gasteiger partial charge < -0.3 is 24.6 Å². The summed E-state index contributed by atoms with van der Waals surface area (Å²) in [5.41, 5.74) is -0.739. The quantitative estimate of drug-likeness (QED) is 0.144. The maximum atomic E-state index is 14.8. The minimum Gasteiger partial charge on any atom is -0.481 e. The van der Waals surface area contributed by atoms with Gasteiger partial charge in [-0.3, -0.25) is 28.9 Å². The third kappa shape index (κ3) is 9.41. The van der Waals surface area contributed by atoms with Crippen LogP contribution >= 0.6 is 11.6 Å². The molecule has 1 aromatic carbocycles. The molecule has 0 aliphatic heterocycles. The van der Waals surface area contributed by atoms with Crippen molar-refractivity contribution in [1.29, 1.82) is 0 Å². The van der Waals surface area contributed by atoms with Gasteiger partial charge in [0.1, 0.15) is 12.2 Å². The van der Waals surface area contributed by atoms with E-state index in [1.165, 1.54) is 5.57 Å². The van der Waals surface area contributed by atoms with Gasteiger partial charge in [-0.15, -0.1) is 0 Å². The maximum Gasteiger partial charge on any atom is 0.309 e. The lowest BCUT2D eigenvalue weighted by Gasteiger charge is -2.72. The van der Waals surface area contributed by atoms with Crippen molar-refractivity contribution in [2.24, 2.45) is 61.6 Å². The van der Waals surface area contributed by atoms with E-state index in [1.807, 2.05) is 38.4 Å². The SMILES string of the molecule is CC(C)C1=C2[C@H]3CCC4[C@@]5(C)CC[C@H](OC(=O)CC(C)(C)C(=O)O)C(C)(C)[C@@H]5CC[C@@]4(C)[C@]3(C)CC[C@@]2([C@H](CN(CCN(C)C)Cc2ccc(Cl)cc2)OC(=O)CC(C)(C)C(=O)O)CC1=O. The Morgan fingerprint density at radius 2 is 1.39 bits per heavy atom. The highest BCUT2D eigenvalue weighted by Crippen LogP contribution is 2.77. The summed E-state index contributed by atoms with van der Waals surface area (Å²) in [6.45, 7) is 24.9. The summed E-state index contributed by atoms with van der Waals surface area (Å²) in [4.78, 5) is 71.0. The van der Waals surface area contributed by atoms with E-state index in [-0.39, 0.29) is 70.6 Å². The highest BCUT2D eigenvalue weighted by Gasteiger charge is 2.71. The maximum absolute atomic E-state index is 14.8. The second-order valence-electron chi connectivity index (χ2n) is 24.6. The van der Waals surface area contributed by atoms with E-state index >= 15 is 0 Å². The Morgan fingerprint density at radius 3 is 1.97 bits per heavy atom. The Labute approximate surface area is 400 Å². The average molecular weight is 938 g/mol. The Balaban J connectivity index is 1.38. The van der Waals surface area contributed by atoms with Crippen molar-refractivity contribution in [3.63, 3.8) is 0 Å². The standard InChI is InChI=1S/C54H81ClN2O9/c1-33(2)44-37(58)28-54(41(66-43(60)30-49(5,6)47(63)64)32-57(27-26-56(12)13)31-34-14-16-35(55)17-15-34)25-24-52(10)36(45(44)54)18-19-39-51(9)22-21-40(65-42(59)29-48(3,4)46(61)62)50(7,8)38(51)20-23-53(39,52)11/h14-17,33,36,38-41H,18-32H2,1-13H3,(H,61,62)(H,63,64)/t36-,38+,39?,40+,41+,51+,52-,53-,54+/m1/s1. The number of allylic oxidation sites excluding steroid dienone is 1. The molecule has 0 heterocycles. The third-order valence-corrected chi connectivity index (χ3v) is 18.8. The molecule has 4 saturated carbocycles. The molecule has 368 valence electrons. The van der Waals surface area contributed by atoms with Crippen molar-refractivity contribution in [2.45, 2.75) is 166 Å². The molecule has 9 atom stereocenters. The lowest BCUT2D eigenvalue weighted by atomic mass is 9.33. The van der Waals surface area contributed by atoms with Gasteiger partial charge >= 0.3 is 23.9 Å². The van der Waals surface area contributed by atoms with Crippen LogP contribution in [0.5, 0.6) is 0 Å². The van der Waals surface area contributed by atoms with Crippen LogP contribution in [0.4, 0.5) is 0 Å². The molecule has 11 nitrogen and oxygen atoms in total. The number of halogens is 1. The molecule has 2 N–H and O–H groups in total. The number of carboxylic acid groups (broad SMARTS) is 2. The molecule has 5 aliphatic carbocycles. The summed E-state index contributed by atoms with van der Waals surface area (Å²) in [6, 6.07) is 7.81. The lowest BCUT2D eigenvalue weighted by molar-refractivity contribution is -0.235. The van der Waals surface area contributed by atoms with E-state index < -0.39 is 46.2 Å². The first kappa shape index (κ1) is 52.1. The molecular formula is C54H81ClN2O9. The number of aliphatic carboxylic acids is 2. The van der Waals surface area contributed by atoms with Gasteiger partial charge in [0, 0.05) is 48.5 Å². The highest BCUT2D eigenvalue weighted by atomic mass is 35.5. The Kier molecular flexibility index (Phi) is 14.7. The first-order valence-electron chi connectivity index (χ1n) is 24.7. The number of hydrogen-bond acceptors (Lipinski definition) is 9. The molecular weight excluding hydrogens is 856 g/mol. The van der Waals surface area contributed by atoms with Crippen molar-refractivity contribution in [3.8, 4) is 0 Å². The molecule has 1 aromatic rings. The minimum atomic E-state index is -1.33.